The maximum atomic E-state index is 12.1. The lowest BCUT2D eigenvalue weighted by atomic mass is 10.0. The van der Waals surface area contributed by atoms with Crippen LogP contribution in [0.4, 0.5) is 10.5 Å². The standard InChI is InChI=1S/C19H24N2O4/c1-13(2)11-24-16-7-5-6-15(10-16)21-18(22)20-12-19(4,23)17-9-8-14(3)25-17/h5-10,23H,1,11-12H2,2-4H3,(H2,20,21,22). The number of carbonyl (C=O) groups excluding carboxylic acids is 1. The van der Waals surface area contributed by atoms with Gasteiger partial charge in [0.15, 0.2) is 0 Å². The van der Waals surface area contributed by atoms with Gasteiger partial charge < -0.3 is 24.9 Å². The highest BCUT2D eigenvalue weighted by Gasteiger charge is 2.27. The highest BCUT2D eigenvalue weighted by molar-refractivity contribution is 5.89. The Labute approximate surface area is 147 Å². The number of aliphatic hydroxyl groups is 1. The number of aryl methyl sites for hydroxylation is 1. The topological polar surface area (TPSA) is 83.7 Å². The van der Waals surface area contributed by atoms with E-state index in [1.54, 1.807) is 50.2 Å². The molecule has 0 aliphatic heterocycles. The van der Waals surface area contributed by atoms with Crippen molar-refractivity contribution < 1.29 is 19.1 Å². The molecule has 1 atom stereocenters. The average molecular weight is 344 g/mol. The molecule has 0 aliphatic carbocycles. The summed E-state index contributed by atoms with van der Waals surface area (Å²) in [6, 6.07) is 10.1. The molecule has 6 heteroatoms. The average Bonchev–Trinajstić information content (AvgIpc) is 2.99. The number of ether oxygens (including phenoxy) is 1. The fourth-order valence-electron chi connectivity index (χ4n) is 2.11. The van der Waals surface area contributed by atoms with Crippen LogP contribution in [0.3, 0.4) is 0 Å². The van der Waals surface area contributed by atoms with E-state index in [0.717, 1.165) is 5.57 Å². The van der Waals surface area contributed by atoms with Crippen molar-refractivity contribution in [3.05, 3.63) is 60.1 Å². The summed E-state index contributed by atoms with van der Waals surface area (Å²) in [5, 5.41) is 15.8. The molecule has 0 saturated heterocycles. The van der Waals surface area contributed by atoms with Crippen molar-refractivity contribution in [1.29, 1.82) is 0 Å². The molecule has 6 nitrogen and oxygen atoms in total. The van der Waals surface area contributed by atoms with Gasteiger partial charge in [-0.1, -0.05) is 12.6 Å². The summed E-state index contributed by atoms with van der Waals surface area (Å²) in [5.74, 6) is 1.74. The van der Waals surface area contributed by atoms with Crippen LogP contribution >= 0.6 is 0 Å². The molecule has 3 N–H and O–H groups in total. The summed E-state index contributed by atoms with van der Waals surface area (Å²) in [6.45, 7) is 9.46. The number of furan rings is 1. The Kier molecular flexibility index (Phi) is 5.88. The zero-order valence-corrected chi connectivity index (χ0v) is 14.8. The van der Waals surface area contributed by atoms with Crippen molar-refractivity contribution in [2.45, 2.75) is 26.4 Å². The van der Waals surface area contributed by atoms with Crippen molar-refractivity contribution in [2.75, 3.05) is 18.5 Å². The number of anilines is 1. The van der Waals surface area contributed by atoms with Gasteiger partial charge in [0.05, 0.1) is 6.54 Å². The molecule has 0 radical (unpaired) electrons. The molecule has 1 heterocycles. The third kappa shape index (κ3) is 5.69. The van der Waals surface area contributed by atoms with E-state index in [9.17, 15) is 9.90 Å². The molecule has 1 unspecified atom stereocenters. The van der Waals surface area contributed by atoms with Gasteiger partial charge >= 0.3 is 6.03 Å². The van der Waals surface area contributed by atoms with E-state index in [-0.39, 0.29) is 6.54 Å². The van der Waals surface area contributed by atoms with Gasteiger partial charge in [0.2, 0.25) is 0 Å². The van der Waals surface area contributed by atoms with Crippen LogP contribution in [0.25, 0.3) is 0 Å². The van der Waals surface area contributed by atoms with Gasteiger partial charge in [-0.2, -0.15) is 0 Å². The van der Waals surface area contributed by atoms with Gasteiger partial charge in [0.25, 0.3) is 0 Å². The molecule has 2 rings (SSSR count). The Morgan fingerprint density at radius 3 is 2.76 bits per heavy atom. The number of amides is 2. The molecule has 0 fully saturated rings. The van der Waals surface area contributed by atoms with E-state index in [4.69, 9.17) is 9.15 Å². The van der Waals surface area contributed by atoms with Crippen LogP contribution in [0.1, 0.15) is 25.4 Å². The Bertz CT molecular complexity index is 749. The maximum Gasteiger partial charge on any atom is 0.319 e. The Morgan fingerprint density at radius 1 is 1.36 bits per heavy atom. The van der Waals surface area contributed by atoms with Crippen molar-refractivity contribution in [1.82, 2.24) is 5.32 Å². The maximum absolute atomic E-state index is 12.1. The molecular formula is C19H24N2O4. The first kappa shape index (κ1) is 18.6. The SMILES string of the molecule is C=C(C)COc1cccc(NC(=O)NCC(C)(O)c2ccc(C)o2)c1. The van der Waals surface area contributed by atoms with Crippen LogP contribution in [0, 0.1) is 6.92 Å². The van der Waals surface area contributed by atoms with Gasteiger partial charge in [-0.15, -0.1) is 0 Å². The van der Waals surface area contributed by atoms with Gasteiger partial charge in [-0.05, 0) is 50.6 Å². The second kappa shape index (κ2) is 7.90. The Morgan fingerprint density at radius 2 is 2.12 bits per heavy atom. The van der Waals surface area contributed by atoms with E-state index >= 15 is 0 Å². The Hall–Kier alpha value is -2.73. The number of carbonyl (C=O) groups is 1. The fraction of sp³-hybridized carbons (Fsp3) is 0.316. The van der Waals surface area contributed by atoms with Crippen molar-refractivity contribution in [2.24, 2.45) is 0 Å². The van der Waals surface area contributed by atoms with Gasteiger partial charge in [-0.25, -0.2) is 4.79 Å². The number of urea groups is 1. The van der Waals surface area contributed by atoms with Crippen LogP contribution in [-0.2, 0) is 5.60 Å². The second-order valence-electron chi connectivity index (χ2n) is 6.27. The number of benzene rings is 1. The lowest BCUT2D eigenvalue weighted by Crippen LogP contribution is -2.40. The third-order valence-electron chi connectivity index (χ3n) is 3.44. The zero-order chi connectivity index (χ0) is 18.4. The summed E-state index contributed by atoms with van der Waals surface area (Å²) in [5.41, 5.74) is 0.203. The van der Waals surface area contributed by atoms with E-state index in [1.807, 2.05) is 6.92 Å². The molecule has 0 aliphatic rings. The molecule has 25 heavy (non-hydrogen) atoms. The first-order valence-corrected chi connectivity index (χ1v) is 7.98. The van der Waals surface area contributed by atoms with E-state index in [0.29, 0.717) is 29.6 Å². The minimum absolute atomic E-state index is 0.0115. The molecular weight excluding hydrogens is 320 g/mol. The summed E-state index contributed by atoms with van der Waals surface area (Å²) < 4.78 is 11.0. The van der Waals surface area contributed by atoms with Gasteiger partial charge in [0, 0.05) is 11.8 Å². The highest BCUT2D eigenvalue weighted by atomic mass is 16.5. The molecule has 1 aromatic heterocycles. The number of hydrogen-bond acceptors (Lipinski definition) is 4. The van der Waals surface area contributed by atoms with Crippen LogP contribution in [0.5, 0.6) is 5.75 Å². The summed E-state index contributed by atoms with van der Waals surface area (Å²) in [4.78, 5) is 12.1. The number of nitrogens with one attached hydrogen (secondary N) is 2. The van der Waals surface area contributed by atoms with E-state index in [2.05, 4.69) is 17.2 Å². The minimum atomic E-state index is -1.29. The highest BCUT2D eigenvalue weighted by Crippen LogP contribution is 2.22. The second-order valence-corrected chi connectivity index (χ2v) is 6.27. The first-order valence-electron chi connectivity index (χ1n) is 7.98. The smallest absolute Gasteiger partial charge is 0.319 e. The molecule has 2 aromatic rings. The van der Waals surface area contributed by atoms with Crippen LogP contribution < -0.4 is 15.4 Å². The summed E-state index contributed by atoms with van der Waals surface area (Å²) in [6.07, 6.45) is 0. The Balaban J connectivity index is 1.89. The van der Waals surface area contributed by atoms with Crippen molar-refractivity contribution in [3.63, 3.8) is 0 Å². The fourth-order valence-corrected chi connectivity index (χ4v) is 2.11. The number of hydrogen-bond donors (Lipinski definition) is 3. The van der Waals surface area contributed by atoms with E-state index < -0.39 is 11.6 Å². The predicted octanol–water partition coefficient (Wildman–Crippen LogP) is 3.57. The molecule has 2 amide bonds. The van der Waals surface area contributed by atoms with Crippen LogP contribution in [-0.4, -0.2) is 24.3 Å². The minimum Gasteiger partial charge on any atom is -0.489 e. The zero-order valence-electron chi connectivity index (χ0n) is 14.8. The summed E-state index contributed by atoms with van der Waals surface area (Å²) >= 11 is 0. The van der Waals surface area contributed by atoms with Crippen LogP contribution in [0.2, 0.25) is 0 Å². The predicted molar refractivity (Wildman–Crippen MR) is 96.8 cm³/mol. The van der Waals surface area contributed by atoms with Crippen LogP contribution in [0.15, 0.2) is 53.0 Å². The van der Waals surface area contributed by atoms with Gasteiger partial charge in [0.1, 0.15) is 29.5 Å². The van der Waals surface area contributed by atoms with Crippen molar-refractivity contribution in [3.8, 4) is 5.75 Å². The first-order chi connectivity index (χ1) is 11.8. The quantitative estimate of drug-likeness (QED) is 0.671. The molecule has 0 bridgehead atoms. The number of rotatable bonds is 7. The normalized spacial score (nSPS) is 13.0. The van der Waals surface area contributed by atoms with Crippen molar-refractivity contribution >= 4 is 11.7 Å². The third-order valence-corrected chi connectivity index (χ3v) is 3.44. The lowest BCUT2D eigenvalue weighted by molar-refractivity contribution is 0.0364. The molecule has 1 aromatic carbocycles. The van der Waals surface area contributed by atoms with E-state index in [1.165, 1.54) is 0 Å². The lowest BCUT2D eigenvalue weighted by Gasteiger charge is -2.21. The largest absolute Gasteiger partial charge is 0.489 e. The molecule has 0 spiro atoms. The van der Waals surface area contributed by atoms with Gasteiger partial charge in [-0.3, -0.25) is 0 Å². The molecule has 0 saturated carbocycles. The molecule has 134 valence electrons. The monoisotopic (exact) mass is 344 g/mol. The summed E-state index contributed by atoms with van der Waals surface area (Å²) in [7, 11) is 0.